The van der Waals surface area contributed by atoms with Gasteiger partial charge in [0, 0.05) is 18.6 Å². The number of halogens is 1. The van der Waals surface area contributed by atoms with E-state index in [0.29, 0.717) is 16.5 Å². The summed E-state index contributed by atoms with van der Waals surface area (Å²) >= 11 is 5.51. The Hall–Kier alpha value is -2.46. The van der Waals surface area contributed by atoms with E-state index in [2.05, 4.69) is 46.8 Å². The smallest absolute Gasteiger partial charge is 0.352 e. The number of carboxylic acid groups (broad SMARTS) is 1. The number of aliphatic carboxylic acids is 1. The van der Waals surface area contributed by atoms with Crippen LogP contribution in [0.2, 0.25) is 0 Å². The third kappa shape index (κ3) is 4.59. The van der Waals surface area contributed by atoms with Crippen molar-refractivity contribution >= 4 is 68.7 Å². The van der Waals surface area contributed by atoms with Gasteiger partial charge in [-0.15, -0.1) is 16.9 Å². The van der Waals surface area contributed by atoms with Crippen LogP contribution in [-0.2, 0) is 31.1 Å². The minimum Gasteiger partial charge on any atom is -0.477 e. The highest BCUT2D eigenvalue weighted by Crippen LogP contribution is 2.41. The Kier molecular flexibility index (Phi) is 7.32. The number of aryl methyl sites for hydroxylation is 1. The number of nitrogens with zero attached hydrogens (tertiary/aromatic N) is 6. The molecule has 3 rings (SSSR count). The average molecular weight is 534 g/mol. The molecule has 0 bridgehead atoms. The molecule has 1 aromatic heterocycles. The van der Waals surface area contributed by atoms with Crippen LogP contribution in [0.25, 0.3) is 0 Å². The summed E-state index contributed by atoms with van der Waals surface area (Å²) < 4.78 is 1.46. The second kappa shape index (κ2) is 9.78. The largest absolute Gasteiger partial charge is 0.477 e. The number of alkyl halides is 1. The lowest BCUT2D eigenvalue weighted by Crippen LogP contribution is -2.71. The van der Waals surface area contributed by atoms with Gasteiger partial charge in [0.05, 0.1) is 5.33 Å². The number of amides is 2. The molecule has 1 unspecified atom stereocenters. The molecule has 1 aromatic rings. The lowest BCUT2D eigenvalue weighted by atomic mass is 10.0. The quantitative estimate of drug-likeness (QED) is 0.0996. The van der Waals surface area contributed by atoms with Crippen molar-refractivity contribution < 1.29 is 29.1 Å². The number of carboxylic acids is 1. The third-order valence-electron chi connectivity index (χ3n) is 4.28. The Bertz CT molecular complexity index is 996. The van der Waals surface area contributed by atoms with Gasteiger partial charge in [-0.25, -0.2) is 9.48 Å². The van der Waals surface area contributed by atoms with Gasteiger partial charge >= 0.3 is 5.97 Å². The van der Waals surface area contributed by atoms with Gasteiger partial charge in [0.2, 0.25) is 16.7 Å². The summed E-state index contributed by atoms with van der Waals surface area (Å²) in [6.45, 7) is 0. The van der Waals surface area contributed by atoms with E-state index in [0.717, 1.165) is 4.90 Å². The summed E-state index contributed by atoms with van der Waals surface area (Å²) in [5, 5.41) is 26.4. The van der Waals surface area contributed by atoms with Crippen molar-refractivity contribution in [3.63, 3.8) is 0 Å². The zero-order valence-electron chi connectivity index (χ0n) is 16.1. The number of thioether (sulfide) groups is 2. The maximum Gasteiger partial charge on any atom is 0.352 e. The molecule has 1 fully saturated rings. The summed E-state index contributed by atoms with van der Waals surface area (Å²) in [6.07, 6.45) is 0. The highest BCUT2D eigenvalue weighted by molar-refractivity contribution is 9.09. The third-order valence-corrected chi connectivity index (χ3v) is 7.22. The standard InChI is InChI=1S/C15H16BrN7O6S2/c1-22-15(18-20-21-22)31-5-6-4-30-13-9(12(26)23(13)10(6)14(27)28)17-11(25)8(19-29-2)7(24)3-16/h9,13H,3-5H2,1-2H3,(H,17,25)(H,27,28)/t9?,13-/m1/s1. The Balaban J connectivity index is 1.75. The van der Waals surface area contributed by atoms with Crippen LogP contribution in [0.4, 0.5) is 0 Å². The molecule has 0 radical (unpaired) electrons. The molecule has 2 aliphatic heterocycles. The van der Waals surface area contributed by atoms with Crippen LogP contribution >= 0.6 is 39.5 Å². The number of Topliss-reactive ketones (excluding diaryl/α,β-unsaturated/α-hetero) is 1. The molecule has 1 saturated heterocycles. The first-order valence-corrected chi connectivity index (χ1v) is 11.7. The molecular weight excluding hydrogens is 518 g/mol. The number of aromatic nitrogens is 4. The zero-order valence-corrected chi connectivity index (χ0v) is 19.4. The first-order valence-electron chi connectivity index (χ1n) is 8.56. The van der Waals surface area contributed by atoms with Gasteiger partial charge in [0.1, 0.15) is 24.2 Å². The van der Waals surface area contributed by atoms with Crippen molar-refractivity contribution in [2.24, 2.45) is 12.2 Å². The van der Waals surface area contributed by atoms with Crippen molar-refractivity contribution in [1.82, 2.24) is 30.4 Å². The van der Waals surface area contributed by atoms with E-state index in [9.17, 15) is 24.3 Å². The van der Waals surface area contributed by atoms with Crippen molar-refractivity contribution in [2.45, 2.75) is 16.6 Å². The minimum absolute atomic E-state index is 0.121. The number of β-lactam (4-membered cyclic amide) rings is 1. The van der Waals surface area contributed by atoms with Crippen molar-refractivity contribution in [1.29, 1.82) is 0 Å². The van der Waals surface area contributed by atoms with E-state index in [-0.39, 0.29) is 16.8 Å². The van der Waals surface area contributed by atoms with Gasteiger partial charge in [-0.3, -0.25) is 19.3 Å². The van der Waals surface area contributed by atoms with Gasteiger partial charge < -0.3 is 15.3 Å². The van der Waals surface area contributed by atoms with Crippen LogP contribution in [0.5, 0.6) is 0 Å². The Morgan fingerprint density at radius 2 is 2.19 bits per heavy atom. The van der Waals surface area contributed by atoms with Crippen LogP contribution in [0, 0.1) is 0 Å². The summed E-state index contributed by atoms with van der Waals surface area (Å²) in [4.78, 5) is 54.5. The van der Waals surface area contributed by atoms with Gasteiger partial charge in [0.15, 0.2) is 0 Å². The summed E-state index contributed by atoms with van der Waals surface area (Å²) in [6, 6.07) is -0.992. The second-order valence-corrected chi connectivity index (χ2v) is 8.78. The van der Waals surface area contributed by atoms with Gasteiger partial charge in [-0.1, -0.05) is 32.8 Å². The number of hydrogen-bond acceptors (Lipinski definition) is 11. The van der Waals surface area contributed by atoms with E-state index in [1.807, 2.05) is 0 Å². The molecular formula is C15H16BrN7O6S2. The van der Waals surface area contributed by atoms with E-state index >= 15 is 0 Å². The lowest BCUT2D eigenvalue weighted by molar-refractivity contribution is -0.150. The number of ketones is 1. The number of carbonyl (C=O) groups excluding carboxylic acids is 3. The molecule has 13 nitrogen and oxygen atoms in total. The number of carbonyl (C=O) groups is 4. The van der Waals surface area contributed by atoms with Gasteiger partial charge in [-0.2, -0.15) is 0 Å². The first-order chi connectivity index (χ1) is 14.8. The van der Waals surface area contributed by atoms with E-state index in [1.165, 1.54) is 35.3 Å². The molecule has 2 atom stereocenters. The predicted octanol–water partition coefficient (Wildman–Crippen LogP) is -0.993. The SMILES string of the molecule is CON=C(C(=O)CBr)C(=O)NC1C(=O)N2C(C(=O)O)=C(CSc3nnnn3C)CS[C@H]12. The topological polar surface area (TPSA) is 169 Å². The highest BCUT2D eigenvalue weighted by atomic mass is 79.9. The van der Waals surface area contributed by atoms with Crippen molar-refractivity contribution in [2.75, 3.05) is 23.9 Å². The van der Waals surface area contributed by atoms with Crippen LogP contribution < -0.4 is 5.32 Å². The zero-order chi connectivity index (χ0) is 22.7. The predicted molar refractivity (Wildman–Crippen MR) is 112 cm³/mol. The summed E-state index contributed by atoms with van der Waals surface area (Å²) in [7, 11) is 2.84. The average Bonchev–Trinajstić information content (AvgIpc) is 3.17. The van der Waals surface area contributed by atoms with Crippen LogP contribution in [0.1, 0.15) is 0 Å². The monoisotopic (exact) mass is 533 g/mol. The molecule has 2 aliphatic rings. The number of nitrogens with one attached hydrogen (secondary N) is 1. The first kappa shape index (κ1) is 23.2. The maximum absolute atomic E-state index is 12.7. The molecule has 3 heterocycles. The minimum atomic E-state index is -1.24. The molecule has 31 heavy (non-hydrogen) atoms. The summed E-state index contributed by atoms with van der Waals surface area (Å²) in [5.74, 6) is -2.72. The number of rotatable bonds is 9. The Morgan fingerprint density at radius 3 is 2.77 bits per heavy atom. The molecule has 166 valence electrons. The van der Waals surface area contributed by atoms with Crippen molar-refractivity contribution in [3.05, 3.63) is 11.3 Å². The molecule has 0 aliphatic carbocycles. The maximum atomic E-state index is 12.7. The second-order valence-electron chi connectivity index (χ2n) is 6.17. The van der Waals surface area contributed by atoms with E-state index in [4.69, 9.17) is 0 Å². The van der Waals surface area contributed by atoms with Crippen LogP contribution in [0.3, 0.4) is 0 Å². The van der Waals surface area contributed by atoms with Crippen LogP contribution in [-0.4, -0.2) is 94.9 Å². The van der Waals surface area contributed by atoms with Gasteiger partial charge in [-0.05, 0) is 16.0 Å². The number of oxime groups is 1. The van der Waals surface area contributed by atoms with E-state index < -0.39 is 40.7 Å². The summed E-state index contributed by atoms with van der Waals surface area (Å²) in [5.41, 5.74) is -0.0741. The van der Waals surface area contributed by atoms with E-state index in [1.54, 1.807) is 7.05 Å². The highest BCUT2D eigenvalue weighted by Gasteiger charge is 2.54. The molecule has 2 N–H and O–H groups in total. The number of hydrogen-bond donors (Lipinski definition) is 2. The molecule has 0 aromatic carbocycles. The molecule has 0 saturated carbocycles. The fourth-order valence-corrected chi connectivity index (χ4v) is 5.47. The number of fused-ring (bicyclic) bond motifs is 1. The lowest BCUT2D eigenvalue weighted by Gasteiger charge is -2.49. The number of tetrazole rings is 1. The van der Waals surface area contributed by atoms with Gasteiger partial charge in [0.25, 0.3) is 11.8 Å². The molecule has 0 spiro atoms. The fraction of sp³-hybridized carbons (Fsp3) is 0.467. The van der Waals surface area contributed by atoms with Crippen LogP contribution in [0.15, 0.2) is 21.6 Å². The Morgan fingerprint density at radius 1 is 1.45 bits per heavy atom. The molecule has 2 amide bonds. The molecule has 16 heteroatoms. The van der Waals surface area contributed by atoms with Crippen molar-refractivity contribution in [3.8, 4) is 0 Å². The normalized spacial score (nSPS) is 20.8. The fourth-order valence-electron chi connectivity index (χ4n) is 2.87. The Labute approximate surface area is 192 Å².